The molecule has 5 aliphatic rings. The fourth-order valence-electron chi connectivity index (χ4n) is 7.41. The molecule has 3 unspecified atom stereocenters. The number of ketones is 2. The molecule has 4 nitrogen and oxygen atoms in total. The van der Waals surface area contributed by atoms with Crippen LogP contribution in [0, 0.1) is 23.2 Å². The maximum absolute atomic E-state index is 12.1. The van der Waals surface area contributed by atoms with Gasteiger partial charge in [0, 0.05) is 12.8 Å². The van der Waals surface area contributed by atoms with Gasteiger partial charge < -0.3 is 10.2 Å². The fraction of sp³-hybridized carbons (Fsp3) is 0.636. The first-order valence-electron chi connectivity index (χ1n) is 9.98. The highest BCUT2D eigenvalue weighted by Crippen LogP contribution is 2.69. The third-order valence-corrected chi connectivity index (χ3v) is 8.02. The third-order valence-electron chi connectivity index (χ3n) is 8.02. The normalized spacial score (nSPS) is 41.6. The monoisotopic (exact) mass is 354 g/mol. The van der Waals surface area contributed by atoms with Crippen LogP contribution in [-0.4, -0.2) is 21.8 Å². The quantitative estimate of drug-likeness (QED) is 0.624. The fourth-order valence-corrected chi connectivity index (χ4v) is 7.41. The summed E-state index contributed by atoms with van der Waals surface area (Å²) < 4.78 is 0. The zero-order valence-corrected chi connectivity index (χ0v) is 15.0. The van der Waals surface area contributed by atoms with Gasteiger partial charge in [-0.3, -0.25) is 9.59 Å². The molecule has 3 atom stereocenters. The summed E-state index contributed by atoms with van der Waals surface area (Å²) >= 11 is 0. The van der Waals surface area contributed by atoms with Gasteiger partial charge in [-0.2, -0.15) is 0 Å². The van der Waals surface area contributed by atoms with E-state index in [9.17, 15) is 19.8 Å². The first kappa shape index (κ1) is 16.3. The predicted octanol–water partition coefficient (Wildman–Crippen LogP) is 3.87. The summed E-state index contributed by atoms with van der Waals surface area (Å²) in [5.41, 5.74) is 1.37. The molecule has 5 saturated carbocycles. The number of rotatable bonds is 2. The molecule has 1 aromatic rings. The SMILES string of the molecule is O=C1CCC(C23CC4CC(CC(c5ccc(O)c(O)c5)(C4)C2)C3)CC1=O. The van der Waals surface area contributed by atoms with Crippen molar-refractivity contribution in [3.8, 4) is 11.5 Å². The van der Waals surface area contributed by atoms with Gasteiger partial charge in [0.15, 0.2) is 23.1 Å². The Morgan fingerprint density at radius 3 is 2.31 bits per heavy atom. The highest BCUT2D eigenvalue weighted by atomic mass is 16.3. The lowest BCUT2D eigenvalue weighted by Crippen LogP contribution is -2.57. The summed E-state index contributed by atoms with van der Waals surface area (Å²) in [7, 11) is 0. The smallest absolute Gasteiger partial charge is 0.198 e. The summed E-state index contributed by atoms with van der Waals surface area (Å²) in [5.74, 6) is 1.26. The van der Waals surface area contributed by atoms with Crippen LogP contribution in [-0.2, 0) is 15.0 Å². The number of phenols is 2. The lowest BCUT2D eigenvalue weighted by Gasteiger charge is -2.65. The molecular weight excluding hydrogens is 328 g/mol. The van der Waals surface area contributed by atoms with Gasteiger partial charge in [0.05, 0.1) is 0 Å². The first-order valence-corrected chi connectivity index (χ1v) is 9.98. The van der Waals surface area contributed by atoms with Crippen molar-refractivity contribution in [1.82, 2.24) is 0 Å². The number of carbonyl (C=O) groups is 2. The van der Waals surface area contributed by atoms with E-state index in [-0.39, 0.29) is 33.9 Å². The largest absolute Gasteiger partial charge is 0.504 e. The molecule has 0 spiro atoms. The molecule has 0 heterocycles. The molecular formula is C22H26O4. The molecule has 6 rings (SSSR count). The van der Waals surface area contributed by atoms with E-state index in [1.807, 2.05) is 6.07 Å². The molecule has 2 N–H and O–H groups in total. The topological polar surface area (TPSA) is 74.6 Å². The molecule has 4 bridgehead atoms. The van der Waals surface area contributed by atoms with E-state index >= 15 is 0 Å². The summed E-state index contributed by atoms with van der Waals surface area (Å²) in [6.07, 6.45) is 8.76. The van der Waals surface area contributed by atoms with E-state index in [4.69, 9.17) is 0 Å². The second kappa shape index (κ2) is 5.34. The standard InChI is InChI=1S/C22H26O4/c23-17-3-1-15(6-19(17)25)21-8-13-5-14(9-21)11-22(10-13,12-21)16-2-4-18(24)20(26)7-16/h1,3,6,13-14,16,23,25H,2,4-5,7-12H2. The third kappa shape index (κ3) is 2.27. The molecule has 0 aromatic heterocycles. The Bertz CT molecular complexity index is 781. The van der Waals surface area contributed by atoms with Crippen LogP contribution in [0.15, 0.2) is 18.2 Å². The van der Waals surface area contributed by atoms with Crippen LogP contribution in [0.2, 0.25) is 0 Å². The Morgan fingerprint density at radius 2 is 1.65 bits per heavy atom. The molecule has 138 valence electrons. The van der Waals surface area contributed by atoms with Crippen molar-refractivity contribution in [3.63, 3.8) is 0 Å². The Labute approximate surface area is 153 Å². The summed E-state index contributed by atoms with van der Waals surface area (Å²) in [4.78, 5) is 23.8. The minimum Gasteiger partial charge on any atom is -0.504 e. The van der Waals surface area contributed by atoms with E-state index in [0.29, 0.717) is 30.6 Å². The van der Waals surface area contributed by atoms with Crippen LogP contribution in [0.5, 0.6) is 11.5 Å². The van der Waals surface area contributed by atoms with Crippen molar-refractivity contribution in [1.29, 1.82) is 0 Å². The molecule has 4 heteroatoms. The van der Waals surface area contributed by atoms with Gasteiger partial charge in [-0.05, 0) is 91.2 Å². The summed E-state index contributed by atoms with van der Waals surface area (Å²) in [6, 6.07) is 5.34. The number of benzene rings is 1. The summed E-state index contributed by atoms with van der Waals surface area (Å²) in [6.45, 7) is 0. The van der Waals surface area contributed by atoms with Crippen LogP contribution in [0.25, 0.3) is 0 Å². The van der Waals surface area contributed by atoms with Gasteiger partial charge in [0.1, 0.15) is 0 Å². The van der Waals surface area contributed by atoms with E-state index in [1.54, 1.807) is 12.1 Å². The van der Waals surface area contributed by atoms with Gasteiger partial charge in [-0.15, -0.1) is 0 Å². The zero-order chi connectivity index (χ0) is 18.1. The van der Waals surface area contributed by atoms with Crippen LogP contribution >= 0.6 is 0 Å². The number of carbonyl (C=O) groups excluding carboxylic acids is 2. The summed E-state index contributed by atoms with van der Waals surface area (Å²) in [5, 5.41) is 19.8. The van der Waals surface area contributed by atoms with Crippen molar-refractivity contribution >= 4 is 11.6 Å². The van der Waals surface area contributed by atoms with Gasteiger partial charge in [0.25, 0.3) is 0 Å². The van der Waals surface area contributed by atoms with Crippen molar-refractivity contribution in [2.24, 2.45) is 23.2 Å². The van der Waals surface area contributed by atoms with Gasteiger partial charge in [-0.1, -0.05) is 6.07 Å². The highest BCUT2D eigenvalue weighted by molar-refractivity contribution is 6.37. The number of aromatic hydroxyl groups is 2. The first-order chi connectivity index (χ1) is 12.4. The van der Waals surface area contributed by atoms with E-state index in [0.717, 1.165) is 31.2 Å². The average Bonchev–Trinajstić information content (AvgIpc) is 2.58. The Balaban J connectivity index is 1.53. The molecule has 0 aliphatic heterocycles. The van der Waals surface area contributed by atoms with Gasteiger partial charge >= 0.3 is 0 Å². The molecule has 1 aromatic carbocycles. The minimum atomic E-state index is -0.177. The second-order valence-corrected chi connectivity index (χ2v) is 9.59. The van der Waals surface area contributed by atoms with Crippen LogP contribution in [0.3, 0.4) is 0 Å². The molecule has 26 heavy (non-hydrogen) atoms. The van der Waals surface area contributed by atoms with Crippen molar-refractivity contribution in [2.75, 3.05) is 0 Å². The Hall–Kier alpha value is -1.84. The van der Waals surface area contributed by atoms with E-state index in [1.165, 1.54) is 19.3 Å². The lowest BCUT2D eigenvalue weighted by molar-refractivity contribution is -0.146. The number of hydrogen-bond donors (Lipinski definition) is 2. The Morgan fingerprint density at radius 1 is 0.923 bits per heavy atom. The number of Topliss-reactive ketones (excluding diaryl/α,β-unsaturated/α-hetero) is 2. The second-order valence-electron chi connectivity index (χ2n) is 9.59. The Kier molecular flexibility index (Phi) is 3.35. The number of phenolic OH excluding ortho intramolecular Hbond substituents is 2. The molecule has 5 aliphatic carbocycles. The number of hydrogen-bond acceptors (Lipinski definition) is 4. The van der Waals surface area contributed by atoms with Gasteiger partial charge in [0.2, 0.25) is 0 Å². The maximum atomic E-state index is 12.1. The van der Waals surface area contributed by atoms with Crippen molar-refractivity contribution in [2.45, 2.75) is 63.2 Å². The van der Waals surface area contributed by atoms with Crippen LogP contribution < -0.4 is 0 Å². The average molecular weight is 354 g/mol. The van der Waals surface area contributed by atoms with Crippen LogP contribution in [0.1, 0.15) is 63.4 Å². The highest BCUT2D eigenvalue weighted by Gasteiger charge is 2.60. The molecule has 5 fully saturated rings. The van der Waals surface area contributed by atoms with Crippen molar-refractivity contribution < 1.29 is 19.8 Å². The van der Waals surface area contributed by atoms with E-state index < -0.39 is 0 Å². The zero-order valence-electron chi connectivity index (χ0n) is 15.0. The minimum absolute atomic E-state index is 0.0364. The van der Waals surface area contributed by atoms with Gasteiger partial charge in [-0.25, -0.2) is 0 Å². The molecule has 0 amide bonds. The van der Waals surface area contributed by atoms with Crippen LogP contribution in [0.4, 0.5) is 0 Å². The molecule has 0 saturated heterocycles. The maximum Gasteiger partial charge on any atom is 0.198 e. The van der Waals surface area contributed by atoms with Crippen molar-refractivity contribution in [3.05, 3.63) is 23.8 Å². The predicted molar refractivity (Wildman–Crippen MR) is 95.9 cm³/mol. The molecule has 0 radical (unpaired) electrons. The lowest BCUT2D eigenvalue weighted by atomic mass is 9.40. The van der Waals surface area contributed by atoms with E-state index in [2.05, 4.69) is 0 Å².